The van der Waals surface area contributed by atoms with E-state index in [9.17, 15) is 19.3 Å². The Morgan fingerprint density at radius 3 is 2.33 bits per heavy atom. The van der Waals surface area contributed by atoms with Crippen LogP contribution in [0.15, 0.2) is 54.6 Å². The molecule has 1 fully saturated rings. The van der Waals surface area contributed by atoms with Crippen molar-refractivity contribution in [1.29, 1.82) is 0 Å². The molecule has 3 aromatic rings. The van der Waals surface area contributed by atoms with E-state index in [1.54, 1.807) is 30.3 Å². The molecule has 30 heavy (non-hydrogen) atoms. The minimum atomic E-state index is -0.474. The van der Waals surface area contributed by atoms with E-state index in [2.05, 4.69) is 12.0 Å². The maximum absolute atomic E-state index is 13.3. The number of non-ortho nitro benzene ring substituents is 1. The van der Waals surface area contributed by atoms with Crippen molar-refractivity contribution < 1.29 is 14.1 Å². The van der Waals surface area contributed by atoms with E-state index in [0.717, 1.165) is 12.8 Å². The molecule has 2 heterocycles. The first-order valence-corrected chi connectivity index (χ1v) is 9.82. The second kappa shape index (κ2) is 8.06. The van der Waals surface area contributed by atoms with E-state index >= 15 is 0 Å². The second-order valence-electron chi connectivity index (χ2n) is 7.58. The van der Waals surface area contributed by atoms with Crippen LogP contribution in [0, 0.1) is 21.8 Å². The summed E-state index contributed by atoms with van der Waals surface area (Å²) in [4.78, 5) is 25.6. The van der Waals surface area contributed by atoms with Crippen molar-refractivity contribution >= 4 is 11.6 Å². The fourth-order valence-corrected chi connectivity index (χ4v) is 3.58. The van der Waals surface area contributed by atoms with Crippen molar-refractivity contribution in [2.24, 2.45) is 5.92 Å². The summed E-state index contributed by atoms with van der Waals surface area (Å²) in [7, 11) is 0. The number of carbonyl (C=O) groups excluding carboxylic acids is 1. The lowest BCUT2D eigenvalue weighted by molar-refractivity contribution is -0.384. The van der Waals surface area contributed by atoms with Gasteiger partial charge in [0.1, 0.15) is 11.5 Å². The number of halogens is 1. The zero-order valence-corrected chi connectivity index (χ0v) is 16.5. The average molecular weight is 408 g/mol. The summed E-state index contributed by atoms with van der Waals surface area (Å²) in [6.07, 6.45) is 1.89. The van der Waals surface area contributed by atoms with Gasteiger partial charge in [-0.3, -0.25) is 14.9 Å². The summed E-state index contributed by atoms with van der Waals surface area (Å²) >= 11 is 0. The number of nitrogens with zero attached hydrogens (tertiary/aromatic N) is 4. The third-order valence-electron chi connectivity index (χ3n) is 5.44. The molecule has 154 valence electrons. The number of rotatable bonds is 4. The molecule has 2 aromatic carbocycles. The van der Waals surface area contributed by atoms with Gasteiger partial charge >= 0.3 is 0 Å². The number of aromatic nitrogens is 2. The lowest BCUT2D eigenvalue weighted by atomic mass is 9.99. The van der Waals surface area contributed by atoms with E-state index in [1.807, 2.05) is 4.90 Å². The molecule has 1 aliphatic rings. The molecule has 8 heteroatoms. The highest BCUT2D eigenvalue weighted by Crippen LogP contribution is 2.26. The van der Waals surface area contributed by atoms with Crippen LogP contribution in [0.2, 0.25) is 0 Å². The SMILES string of the molecule is CC1CCN(C(=O)c2cc(-c3ccc(F)cc3)nn2-c2ccc([N+](=O)[O-])cc2)CC1. The number of hydrogen-bond acceptors (Lipinski definition) is 4. The van der Waals surface area contributed by atoms with Crippen molar-refractivity contribution in [2.45, 2.75) is 19.8 Å². The van der Waals surface area contributed by atoms with Crippen molar-refractivity contribution in [3.63, 3.8) is 0 Å². The molecular weight excluding hydrogens is 387 g/mol. The summed E-state index contributed by atoms with van der Waals surface area (Å²) in [5, 5.41) is 15.5. The lowest BCUT2D eigenvalue weighted by Crippen LogP contribution is -2.38. The van der Waals surface area contributed by atoms with Gasteiger partial charge in [0.05, 0.1) is 16.3 Å². The average Bonchev–Trinajstić information content (AvgIpc) is 3.20. The predicted molar refractivity (Wildman–Crippen MR) is 110 cm³/mol. The van der Waals surface area contributed by atoms with Crippen molar-refractivity contribution in [2.75, 3.05) is 13.1 Å². The normalized spacial score (nSPS) is 14.7. The maximum atomic E-state index is 13.3. The van der Waals surface area contributed by atoms with Crippen LogP contribution in [0.3, 0.4) is 0 Å². The molecule has 4 rings (SSSR count). The van der Waals surface area contributed by atoms with Gasteiger partial charge in [-0.1, -0.05) is 6.92 Å². The number of hydrogen-bond donors (Lipinski definition) is 0. The molecule has 1 aromatic heterocycles. The molecule has 0 atom stereocenters. The number of nitro groups is 1. The number of carbonyl (C=O) groups is 1. The topological polar surface area (TPSA) is 81.3 Å². The van der Waals surface area contributed by atoms with E-state index in [-0.39, 0.29) is 17.4 Å². The molecule has 1 amide bonds. The number of benzene rings is 2. The van der Waals surface area contributed by atoms with E-state index in [0.29, 0.717) is 41.6 Å². The van der Waals surface area contributed by atoms with E-state index in [4.69, 9.17) is 0 Å². The molecule has 0 saturated carbocycles. The van der Waals surface area contributed by atoms with Crippen LogP contribution in [0.1, 0.15) is 30.3 Å². The summed E-state index contributed by atoms with van der Waals surface area (Å²) in [5.74, 6) is 0.0943. The zero-order valence-electron chi connectivity index (χ0n) is 16.5. The summed E-state index contributed by atoms with van der Waals surface area (Å²) in [6.45, 7) is 3.53. The van der Waals surface area contributed by atoms with Crippen LogP contribution in [0.5, 0.6) is 0 Å². The highest BCUT2D eigenvalue weighted by Gasteiger charge is 2.26. The largest absolute Gasteiger partial charge is 0.337 e. The van der Waals surface area contributed by atoms with Gasteiger partial charge in [0.15, 0.2) is 0 Å². The van der Waals surface area contributed by atoms with Gasteiger partial charge in [-0.05, 0) is 61.2 Å². The van der Waals surface area contributed by atoms with Crippen LogP contribution < -0.4 is 0 Å². The Balaban J connectivity index is 1.75. The molecule has 0 unspecified atom stereocenters. The van der Waals surface area contributed by atoms with Crippen molar-refractivity contribution in [3.05, 3.63) is 76.2 Å². The Hall–Kier alpha value is -3.55. The Bertz CT molecular complexity index is 1070. The highest BCUT2D eigenvalue weighted by atomic mass is 19.1. The van der Waals surface area contributed by atoms with Crippen molar-refractivity contribution in [1.82, 2.24) is 14.7 Å². The first kappa shape index (κ1) is 19.8. The van der Waals surface area contributed by atoms with Gasteiger partial charge < -0.3 is 4.90 Å². The third-order valence-corrected chi connectivity index (χ3v) is 5.44. The summed E-state index contributed by atoms with van der Waals surface area (Å²) in [6, 6.07) is 13.5. The molecule has 0 aliphatic carbocycles. The lowest BCUT2D eigenvalue weighted by Gasteiger charge is -2.30. The van der Waals surface area contributed by atoms with Crippen LogP contribution in [0.25, 0.3) is 16.9 Å². The third kappa shape index (κ3) is 3.94. The zero-order chi connectivity index (χ0) is 21.3. The molecule has 0 spiro atoms. The molecule has 0 bridgehead atoms. The molecule has 0 N–H and O–H groups in total. The van der Waals surface area contributed by atoms with Gasteiger partial charge in [0.2, 0.25) is 0 Å². The standard InChI is InChI=1S/C22H21FN4O3/c1-15-10-12-25(13-11-15)22(28)21-14-20(16-2-4-17(23)5-3-16)24-26(21)18-6-8-19(9-7-18)27(29)30/h2-9,14-15H,10-13H2,1H3. The van der Waals surface area contributed by atoms with Crippen LogP contribution >= 0.6 is 0 Å². The second-order valence-corrected chi connectivity index (χ2v) is 7.58. The Morgan fingerprint density at radius 1 is 1.10 bits per heavy atom. The summed E-state index contributed by atoms with van der Waals surface area (Å²) < 4.78 is 14.8. The van der Waals surface area contributed by atoms with Crippen molar-refractivity contribution in [3.8, 4) is 16.9 Å². The number of amides is 1. The molecule has 1 aliphatic heterocycles. The minimum Gasteiger partial charge on any atom is -0.337 e. The van der Waals surface area contributed by atoms with Crippen LogP contribution in [-0.4, -0.2) is 38.6 Å². The van der Waals surface area contributed by atoms with Crippen LogP contribution in [-0.2, 0) is 0 Å². The smallest absolute Gasteiger partial charge is 0.272 e. The van der Waals surface area contributed by atoms with Gasteiger partial charge in [-0.2, -0.15) is 5.10 Å². The molecule has 0 radical (unpaired) electrons. The maximum Gasteiger partial charge on any atom is 0.272 e. The first-order chi connectivity index (χ1) is 14.4. The van der Waals surface area contributed by atoms with Gasteiger partial charge in [-0.15, -0.1) is 0 Å². The first-order valence-electron chi connectivity index (χ1n) is 9.82. The fraction of sp³-hybridized carbons (Fsp3) is 0.273. The Morgan fingerprint density at radius 2 is 1.73 bits per heavy atom. The van der Waals surface area contributed by atoms with Crippen LogP contribution in [0.4, 0.5) is 10.1 Å². The summed E-state index contributed by atoms with van der Waals surface area (Å²) in [5.41, 5.74) is 2.09. The Kier molecular flexibility index (Phi) is 5.31. The number of nitro benzene ring substituents is 1. The monoisotopic (exact) mass is 408 g/mol. The van der Waals surface area contributed by atoms with E-state index < -0.39 is 4.92 Å². The number of likely N-dealkylation sites (tertiary alicyclic amines) is 1. The molecule has 1 saturated heterocycles. The Labute approximate surface area is 172 Å². The number of piperidine rings is 1. The quantitative estimate of drug-likeness (QED) is 0.472. The minimum absolute atomic E-state index is 0.0393. The van der Waals surface area contributed by atoms with Gasteiger partial charge in [-0.25, -0.2) is 9.07 Å². The van der Waals surface area contributed by atoms with E-state index in [1.165, 1.54) is 28.9 Å². The highest BCUT2D eigenvalue weighted by molar-refractivity contribution is 5.94. The fourth-order valence-electron chi connectivity index (χ4n) is 3.58. The predicted octanol–water partition coefficient (Wildman–Crippen LogP) is 4.46. The van der Waals surface area contributed by atoms with Gasteiger partial charge in [0, 0.05) is 30.8 Å². The van der Waals surface area contributed by atoms with Gasteiger partial charge in [0.25, 0.3) is 11.6 Å². The molecular formula is C22H21FN4O3. The molecule has 7 nitrogen and oxygen atoms in total.